The van der Waals surface area contributed by atoms with Crippen LogP contribution in [0.1, 0.15) is 26.7 Å². The molecular formula is C12H23NO5. The molecule has 1 amide bonds. The zero-order chi connectivity index (χ0) is 14.0. The second-order valence-corrected chi connectivity index (χ2v) is 4.44. The van der Waals surface area contributed by atoms with E-state index in [1.807, 2.05) is 13.8 Å². The maximum atomic E-state index is 11.5. The highest BCUT2D eigenvalue weighted by atomic mass is 16.5. The van der Waals surface area contributed by atoms with Gasteiger partial charge in [-0.2, -0.15) is 0 Å². The van der Waals surface area contributed by atoms with Crippen LogP contribution >= 0.6 is 0 Å². The van der Waals surface area contributed by atoms with Gasteiger partial charge in [-0.1, -0.05) is 13.8 Å². The minimum Gasteiger partial charge on any atom is -0.480 e. The second-order valence-electron chi connectivity index (χ2n) is 4.44. The lowest BCUT2D eigenvalue weighted by Gasteiger charge is -2.16. The molecule has 0 aromatic heterocycles. The summed E-state index contributed by atoms with van der Waals surface area (Å²) in [5.41, 5.74) is 0. The standard InChI is InChI=1S/C12H23NO5/c1-9(2)8-10(12(15)16)13-11(14)4-5-18-7-6-17-3/h9-10H,4-8H2,1-3H3,(H,13,14)(H,15,16)/t10-/m0/s1. The molecule has 1 atom stereocenters. The lowest BCUT2D eigenvalue weighted by atomic mass is 10.0. The smallest absolute Gasteiger partial charge is 0.326 e. The van der Waals surface area contributed by atoms with Crippen LogP contribution in [0.2, 0.25) is 0 Å². The first-order valence-electron chi connectivity index (χ1n) is 6.06. The molecule has 0 bridgehead atoms. The third-order valence-corrected chi connectivity index (χ3v) is 2.25. The summed E-state index contributed by atoms with van der Waals surface area (Å²) in [5, 5.41) is 11.4. The summed E-state index contributed by atoms with van der Waals surface area (Å²) in [6, 6.07) is -0.823. The van der Waals surface area contributed by atoms with Crippen molar-refractivity contribution in [1.29, 1.82) is 0 Å². The molecule has 2 N–H and O–H groups in total. The predicted molar refractivity (Wildman–Crippen MR) is 66.3 cm³/mol. The largest absolute Gasteiger partial charge is 0.480 e. The van der Waals surface area contributed by atoms with Crippen LogP contribution in [-0.4, -0.2) is 50.0 Å². The van der Waals surface area contributed by atoms with Gasteiger partial charge in [0.2, 0.25) is 5.91 Å². The van der Waals surface area contributed by atoms with Crippen LogP contribution in [-0.2, 0) is 19.1 Å². The molecule has 6 heteroatoms. The van der Waals surface area contributed by atoms with Crippen LogP contribution in [0.5, 0.6) is 0 Å². The summed E-state index contributed by atoms with van der Waals surface area (Å²) in [4.78, 5) is 22.4. The number of carbonyl (C=O) groups excluding carboxylic acids is 1. The van der Waals surface area contributed by atoms with Gasteiger partial charge < -0.3 is 19.9 Å². The van der Waals surface area contributed by atoms with E-state index < -0.39 is 12.0 Å². The Balaban J connectivity index is 3.85. The summed E-state index contributed by atoms with van der Waals surface area (Å²) in [7, 11) is 1.57. The number of ether oxygens (including phenoxy) is 2. The minimum atomic E-state index is -1.00. The number of carboxylic acids is 1. The fourth-order valence-electron chi connectivity index (χ4n) is 1.37. The average molecular weight is 261 g/mol. The van der Waals surface area contributed by atoms with E-state index in [2.05, 4.69) is 5.32 Å². The van der Waals surface area contributed by atoms with Crippen LogP contribution in [0.25, 0.3) is 0 Å². The lowest BCUT2D eigenvalue weighted by Crippen LogP contribution is -2.41. The number of hydrogen-bond donors (Lipinski definition) is 2. The van der Waals surface area contributed by atoms with Gasteiger partial charge >= 0.3 is 5.97 Å². The van der Waals surface area contributed by atoms with Crippen LogP contribution in [0.15, 0.2) is 0 Å². The maximum absolute atomic E-state index is 11.5. The SMILES string of the molecule is COCCOCCC(=O)N[C@@H](CC(C)C)C(=O)O. The fourth-order valence-corrected chi connectivity index (χ4v) is 1.37. The molecule has 0 aliphatic carbocycles. The Morgan fingerprint density at radius 2 is 1.89 bits per heavy atom. The molecule has 0 aliphatic heterocycles. The molecule has 0 spiro atoms. The molecule has 0 aromatic rings. The van der Waals surface area contributed by atoms with E-state index in [0.717, 1.165) is 0 Å². The van der Waals surface area contributed by atoms with E-state index in [1.165, 1.54) is 0 Å². The summed E-state index contributed by atoms with van der Waals surface area (Å²) in [5.74, 6) is -1.10. The third kappa shape index (κ3) is 8.95. The molecule has 0 radical (unpaired) electrons. The van der Waals surface area contributed by atoms with E-state index in [1.54, 1.807) is 7.11 Å². The summed E-state index contributed by atoms with van der Waals surface area (Å²) >= 11 is 0. The highest BCUT2D eigenvalue weighted by Crippen LogP contribution is 2.05. The topological polar surface area (TPSA) is 84.9 Å². The van der Waals surface area contributed by atoms with Gasteiger partial charge in [0.05, 0.1) is 19.8 Å². The number of aliphatic carboxylic acids is 1. The van der Waals surface area contributed by atoms with Gasteiger partial charge in [-0.05, 0) is 12.3 Å². The van der Waals surface area contributed by atoms with Gasteiger partial charge in [0.1, 0.15) is 6.04 Å². The number of carboxylic acid groups (broad SMARTS) is 1. The molecule has 0 saturated heterocycles. The monoisotopic (exact) mass is 261 g/mol. The van der Waals surface area contributed by atoms with E-state index in [4.69, 9.17) is 14.6 Å². The normalized spacial score (nSPS) is 12.4. The van der Waals surface area contributed by atoms with Crippen molar-refractivity contribution in [1.82, 2.24) is 5.32 Å². The molecule has 0 aromatic carbocycles. The van der Waals surface area contributed by atoms with Crippen molar-refractivity contribution in [3.05, 3.63) is 0 Å². The summed E-state index contributed by atoms with van der Waals surface area (Å²) in [6.45, 7) is 5.00. The number of carbonyl (C=O) groups is 2. The summed E-state index contributed by atoms with van der Waals surface area (Å²) < 4.78 is 9.92. The highest BCUT2D eigenvalue weighted by Gasteiger charge is 2.20. The third-order valence-electron chi connectivity index (χ3n) is 2.25. The van der Waals surface area contributed by atoms with Gasteiger partial charge in [-0.3, -0.25) is 4.79 Å². The first-order valence-corrected chi connectivity index (χ1v) is 6.06. The van der Waals surface area contributed by atoms with Crippen LogP contribution in [0.4, 0.5) is 0 Å². The van der Waals surface area contributed by atoms with Crippen molar-refractivity contribution in [3.63, 3.8) is 0 Å². The Kier molecular flexibility index (Phi) is 9.22. The molecule has 0 unspecified atom stereocenters. The van der Waals surface area contributed by atoms with Gasteiger partial charge in [0.25, 0.3) is 0 Å². The number of rotatable bonds is 10. The number of methoxy groups -OCH3 is 1. The fraction of sp³-hybridized carbons (Fsp3) is 0.833. The number of nitrogens with one attached hydrogen (secondary N) is 1. The van der Waals surface area contributed by atoms with E-state index >= 15 is 0 Å². The zero-order valence-corrected chi connectivity index (χ0v) is 11.3. The van der Waals surface area contributed by atoms with Gasteiger partial charge in [0, 0.05) is 13.5 Å². The first kappa shape index (κ1) is 16.9. The Hall–Kier alpha value is -1.14. The maximum Gasteiger partial charge on any atom is 0.326 e. The Labute approximate surface area is 108 Å². The van der Waals surface area contributed by atoms with Gasteiger partial charge in [0.15, 0.2) is 0 Å². The number of amides is 1. The van der Waals surface area contributed by atoms with Crippen molar-refractivity contribution in [2.45, 2.75) is 32.7 Å². The first-order chi connectivity index (χ1) is 8.47. The van der Waals surface area contributed by atoms with Crippen molar-refractivity contribution in [2.75, 3.05) is 26.9 Å². The van der Waals surface area contributed by atoms with Crippen LogP contribution in [0, 0.1) is 5.92 Å². The Bertz CT molecular complexity index is 255. The molecule has 0 aliphatic rings. The lowest BCUT2D eigenvalue weighted by molar-refractivity contribution is -0.142. The molecule has 0 fully saturated rings. The zero-order valence-electron chi connectivity index (χ0n) is 11.3. The Morgan fingerprint density at radius 1 is 1.22 bits per heavy atom. The highest BCUT2D eigenvalue weighted by molar-refractivity contribution is 5.83. The van der Waals surface area contributed by atoms with Crippen molar-refractivity contribution < 1.29 is 24.2 Å². The molecular weight excluding hydrogens is 238 g/mol. The van der Waals surface area contributed by atoms with Gasteiger partial charge in [-0.15, -0.1) is 0 Å². The van der Waals surface area contributed by atoms with E-state index in [0.29, 0.717) is 19.6 Å². The van der Waals surface area contributed by atoms with E-state index in [-0.39, 0.29) is 24.9 Å². The van der Waals surface area contributed by atoms with Crippen LogP contribution < -0.4 is 5.32 Å². The van der Waals surface area contributed by atoms with Crippen molar-refractivity contribution in [2.24, 2.45) is 5.92 Å². The molecule has 0 rings (SSSR count). The Morgan fingerprint density at radius 3 is 2.39 bits per heavy atom. The molecule has 18 heavy (non-hydrogen) atoms. The molecule has 0 saturated carbocycles. The molecule has 6 nitrogen and oxygen atoms in total. The van der Waals surface area contributed by atoms with E-state index in [9.17, 15) is 9.59 Å². The second kappa shape index (κ2) is 9.85. The predicted octanol–water partition coefficient (Wildman–Crippen LogP) is 0.655. The van der Waals surface area contributed by atoms with Crippen molar-refractivity contribution >= 4 is 11.9 Å². The molecule has 106 valence electrons. The quantitative estimate of drug-likeness (QED) is 0.564. The van der Waals surface area contributed by atoms with Crippen molar-refractivity contribution in [3.8, 4) is 0 Å². The minimum absolute atomic E-state index is 0.158. The summed E-state index contributed by atoms with van der Waals surface area (Å²) in [6.07, 6.45) is 0.581. The molecule has 0 heterocycles. The van der Waals surface area contributed by atoms with Gasteiger partial charge in [-0.25, -0.2) is 4.79 Å². The van der Waals surface area contributed by atoms with Crippen LogP contribution in [0.3, 0.4) is 0 Å². The number of hydrogen-bond acceptors (Lipinski definition) is 4. The average Bonchev–Trinajstić information content (AvgIpc) is 2.27.